The van der Waals surface area contributed by atoms with Crippen LogP contribution in [0.5, 0.6) is 0 Å². The first-order valence-corrected chi connectivity index (χ1v) is 5.66. The molecule has 8 heteroatoms. The van der Waals surface area contributed by atoms with Gasteiger partial charge in [0.2, 0.25) is 0 Å². The molecule has 0 spiro atoms. The quantitative estimate of drug-likeness (QED) is 0.610. The van der Waals surface area contributed by atoms with Gasteiger partial charge in [0.15, 0.2) is 11.3 Å². The Morgan fingerprint density at radius 1 is 1.56 bits per heavy atom. The number of rotatable bonds is 2. The summed E-state index contributed by atoms with van der Waals surface area (Å²) in [6, 6.07) is -0.102. The number of carboxylic acid groups (broad SMARTS) is 1. The summed E-state index contributed by atoms with van der Waals surface area (Å²) < 4.78 is 0. The Kier molecular flexibility index (Phi) is 2.66. The number of carbonyl (C=O) groups is 2. The van der Waals surface area contributed by atoms with E-state index in [4.69, 9.17) is 0 Å². The molecule has 2 aliphatic heterocycles. The van der Waals surface area contributed by atoms with Gasteiger partial charge >= 0.3 is 6.03 Å². The van der Waals surface area contributed by atoms with E-state index in [0.717, 1.165) is 11.8 Å². The summed E-state index contributed by atoms with van der Waals surface area (Å²) in [4.78, 5) is 29.1. The molecule has 2 aliphatic rings. The van der Waals surface area contributed by atoms with E-state index in [1.807, 2.05) is 0 Å². The smallest absolute Gasteiger partial charge is 0.323 e. The minimum absolute atomic E-state index is 0.102. The molecule has 0 aromatic rings. The van der Waals surface area contributed by atoms with Crippen molar-refractivity contribution in [3.8, 4) is 0 Å². The van der Waals surface area contributed by atoms with Gasteiger partial charge in [0.1, 0.15) is 6.17 Å². The lowest BCUT2D eigenvalue weighted by atomic mass is 10.4. The molecule has 1 fully saturated rings. The van der Waals surface area contributed by atoms with Gasteiger partial charge < -0.3 is 25.0 Å². The molecule has 0 unspecified atom stereocenters. The molecular weight excluding hydrogens is 232 g/mol. The normalized spacial score (nSPS) is 27.9. The summed E-state index contributed by atoms with van der Waals surface area (Å²) in [7, 11) is 3.35. The molecule has 2 amide bonds. The second kappa shape index (κ2) is 3.85. The van der Waals surface area contributed by atoms with Gasteiger partial charge in [-0.15, -0.1) is 0 Å². The minimum Gasteiger partial charge on any atom is -0.549 e. The van der Waals surface area contributed by atoms with Crippen LogP contribution in [0.4, 0.5) is 4.79 Å². The van der Waals surface area contributed by atoms with Crippen molar-refractivity contribution < 1.29 is 14.7 Å². The van der Waals surface area contributed by atoms with E-state index in [-0.39, 0.29) is 24.1 Å². The maximum atomic E-state index is 11.5. The molecule has 0 aromatic heterocycles. The van der Waals surface area contributed by atoms with Gasteiger partial charge in [-0.3, -0.25) is 0 Å². The third-order valence-electron chi connectivity index (χ3n) is 2.55. The summed E-state index contributed by atoms with van der Waals surface area (Å²) in [6.07, 6.45) is -0.483. The number of aliphatic imine (C=N–C) groups is 1. The standard InChI is InChI=1S/C8H12N4O3S/c1-11-5-6(12(2)8(11)15)10-7(9-5)16-3-4(13)14/h5-6H,3H2,1-2H3,(H,9,10)(H,13,14)/p-1/t5-,6-/m0/s1. The molecular formula is C8H11N4O3S-. The van der Waals surface area contributed by atoms with Crippen LogP contribution in [-0.4, -0.2) is 59.1 Å². The second-order valence-corrected chi connectivity index (χ2v) is 4.57. The topological polar surface area (TPSA) is 88.1 Å². The van der Waals surface area contributed by atoms with Crippen LogP contribution in [-0.2, 0) is 4.79 Å². The maximum absolute atomic E-state index is 11.5. The zero-order valence-corrected chi connectivity index (χ0v) is 9.65. The highest BCUT2D eigenvalue weighted by molar-refractivity contribution is 8.14. The van der Waals surface area contributed by atoms with Gasteiger partial charge in [0.05, 0.1) is 5.97 Å². The van der Waals surface area contributed by atoms with Crippen molar-refractivity contribution in [1.29, 1.82) is 0 Å². The third kappa shape index (κ3) is 1.69. The Balaban J connectivity index is 2.03. The Morgan fingerprint density at radius 3 is 2.81 bits per heavy atom. The minimum atomic E-state index is -1.13. The van der Waals surface area contributed by atoms with Gasteiger partial charge in [-0.1, -0.05) is 11.8 Å². The highest BCUT2D eigenvalue weighted by Crippen LogP contribution is 2.25. The molecule has 88 valence electrons. The highest BCUT2D eigenvalue weighted by atomic mass is 32.2. The van der Waals surface area contributed by atoms with Crippen LogP contribution in [0.3, 0.4) is 0 Å². The molecule has 2 heterocycles. The number of carboxylic acids is 1. The third-order valence-corrected chi connectivity index (χ3v) is 3.42. The summed E-state index contributed by atoms with van der Waals surface area (Å²) in [5.41, 5.74) is 0. The van der Waals surface area contributed by atoms with Gasteiger partial charge in [-0.25, -0.2) is 9.79 Å². The Morgan fingerprint density at radius 2 is 2.25 bits per heavy atom. The number of carbonyl (C=O) groups excluding carboxylic acids is 2. The van der Waals surface area contributed by atoms with Crippen molar-refractivity contribution in [3.63, 3.8) is 0 Å². The first-order valence-electron chi connectivity index (χ1n) is 4.67. The number of hydrogen-bond donors (Lipinski definition) is 1. The van der Waals surface area contributed by atoms with Gasteiger partial charge in [0, 0.05) is 19.8 Å². The average molecular weight is 243 g/mol. The number of aliphatic carboxylic acids is 1. The highest BCUT2D eigenvalue weighted by Gasteiger charge is 2.45. The average Bonchev–Trinajstić information content (AvgIpc) is 2.73. The van der Waals surface area contributed by atoms with Crippen LogP contribution >= 0.6 is 11.8 Å². The largest absolute Gasteiger partial charge is 0.549 e. The molecule has 0 aliphatic carbocycles. The van der Waals surface area contributed by atoms with E-state index >= 15 is 0 Å². The predicted molar refractivity (Wildman–Crippen MR) is 56.5 cm³/mol. The number of amides is 2. The molecule has 0 aromatic carbocycles. The molecule has 7 nitrogen and oxygen atoms in total. The summed E-state index contributed by atoms with van der Waals surface area (Å²) in [5.74, 6) is -1.28. The Bertz CT molecular complexity index is 372. The van der Waals surface area contributed by atoms with Crippen molar-refractivity contribution >= 4 is 28.9 Å². The number of thioether (sulfide) groups is 1. The summed E-state index contributed by atoms with van der Waals surface area (Å²) >= 11 is 1.07. The fraction of sp³-hybridized carbons (Fsp3) is 0.625. The number of hydrogen-bond acceptors (Lipinski definition) is 6. The molecule has 0 bridgehead atoms. The lowest BCUT2D eigenvalue weighted by Crippen LogP contribution is -2.42. The fourth-order valence-corrected chi connectivity index (χ4v) is 2.35. The summed E-state index contributed by atoms with van der Waals surface area (Å²) in [5, 5.41) is 13.8. The monoisotopic (exact) mass is 243 g/mol. The Labute approximate surface area is 96.5 Å². The van der Waals surface area contributed by atoms with E-state index in [0.29, 0.717) is 5.17 Å². The summed E-state index contributed by atoms with van der Waals surface area (Å²) in [6.45, 7) is 0. The predicted octanol–water partition coefficient (Wildman–Crippen LogP) is -1.92. The zero-order valence-electron chi connectivity index (χ0n) is 8.84. The molecule has 2 rings (SSSR count). The molecule has 2 atom stereocenters. The number of urea groups is 1. The van der Waals surface area contributed by atoms with Crippen LogP contribution in [0, 0.1) is 0 Å². The molecule has 0 radical (unpaired) electrons. The van der Waals surface area contributed by atoms with Crippen molar-refractivity contribution in [2.45, 2.75) is 12.3 Å². The van der Waals surface area contributed by atoms with Crippen LogP contribution in [0.2, 0.25) is 0 Å². The van der Waals surface area contributed by atoms with E-state index in [1.165, 1.54) is 4.90 Å². The van der Waals surface area contributed by atoms with E-state index in [1.54, 1.807) is 19.0 Å². The van der Waals surface area contributed by atoms with Crippen molar-refractivity contribution in [3.05, 3.63) is 0 Å². The van der Waals surface area contributed by atoms with Crippen molar-refractivity contribution in [1.82, 2.24) is 15.1 Å². The van der Waals surface area contributed by atoms with E-state index in [9.17, 15) is 14.7 Å². The van der Waals surface area contributed by atoms with Crippen molar-refractivity contribution in [2.24, 2.45) is 4.99 Å². The van der Waals surface area contributed by atoms with Crippen LogP contribution in [0.1, 0.15) is 0 Å². The first kappa shape index (κ1) is 11.1. The first-order chi connectivity index (χ1) is 7.50. The number of likely N-dealkylation sites (N-methyl/N-ethyl adjacent to an activating group) is 2. The van der Waals surface area contributed by atoms with Crippen LogP contribution in [0.15, 0.2) is 4.99 Å². The van der Waals surface area contributed by atoms with Crippen molar-refractivity contribution in [2.75, 3.05) is 19.8 Å². The number of fused-ring (bicyclic) bond motifs is 1. The molecule has 1 saturated heterocycles. The molecule has 1 N–H and O–H groups in total. The van der Waals surface area contributed by atoms with E-state index in [2.05, 4.69) is 10.3 Å². The SMILES string of the molecule is CN1C(=O)N(C)[C@@H]2NC(SCC(=O)[O-])=N[C@H]21. The lowest BCUT2D eigenvalue weighted by molar-refractivity contribution is -0.301. The molecule has 0 saturated carbocycles. The maximum Gasteiger partial charge on any atom is 0.323 e. The fourth-order valence-electron chi connectivity index (χ4n) is 1.71. The zero-order chi connectivity index (χ0) is 11.9. The second-order valence-electron chi connectivity index (χ2n) is 3.60. The lowest BCUT2D eigenvalue weighted by Gasteiger charge is -2.17. The van der Waals surface area contributed by atoms with E-state index < -0.39 is 5.97 Å². The molecule has 16 heavy (non-hydrogen) atoms. The number of amidine groups is 1. The number of nitrogens with one attached hydrogen (secondary N) is 1. The van der Waals surface area contributed by atoms with Crippen LogP contribution < -0.4 is 10.4 Å². The number of nitrogens with zero attached hydrogens (tertiary/aromatic N) is 3. The Hall–Kier alpha value is -1.44. The van der Waals surface area contributed by atoms with Gasteiger partial charge in [-0.05, 0) is 0 Å². The van der Waals surface area contributed by atoms with Crippen LogP contribution in [0.25, 0.3) is 0 Å². The van der Waals surface area contributed by atoms with Gasteiger partial charge in [-0.2, -0.15) is 0 Å². The van der Waals surface area contributed by atoms with Gasteiger partial charge in [0.25, 0.3) is 0 Å².